The first kappa shape index (κ1) is 12.9. The minimum Gasteiger partial charge on any atom is -0.387 e. The van der Waals surface area contributed by atoms with E-state index in [1.54, 1.807) is 0 Å². The molecule has 98 valence electrons. The van der Waals surface area contributed by atoms with Crippen molar-refractivity contribution in [1.29, 1.82) is 0 Å². The normalized spacial score (nSPS) is 33.9. The number of likely N-dealkylation sites (tertiary alicyclic amines) is 1. The first-order chi connectivity index (χ1) is 8.16. The summed E-state index contributed by atoms with van der Waals surface area (Å²) in [6.07, 6.45) is 7.75. The van der Waals surface area contributed by atoms with E-state index in [1.807, 2.05) is 0 Å². The van der Waals surface area contributed by atoms with Crippen LogP contribution < -0.4 is 5.73 Å². The van der Waals surface area contributed by atoms with E-state index < -0.39 is 0 Å². The average molecular weight is 237 g/mol. The third-order valence-corrected chi connectivity index (χ3v) is 4.40. The maximum Gasteiger partial charge on any atom is 0.0971 e. The third-order valence-electron chi connectivity index (χ3n) is 4.40. The van der Waals surface area contributed by atoms with Gasteiger partial charge < -0.3 is 10.6 Å². The average Bonchev–Trinajstić information content (AvgIpc) is 2.34. The van der Waals surface area contributed by atoms with Crippen LogP contribution in [0.2, 0.25) is 0 Å². The van der Waals surface area contributed by atoms with Gasteiger partial charge in [-0.1, -0.05) is 26.2 Å². The Morgan fingerprint density at radius 3 is 2.53 bits per heavy atom. The lowest BCUT2D eigenvalue weighted by Gasteiger charge is -2.33. The molecule has 0 radical (unpaired) electrons. The molecule has 2 aliphatic rings. The minimum absolute atomic E-state index is 0.466. The molecule has 1 aliphatic heterocycles. The number of nitrogens with zero attached hydrogens (tertiary/aromatic N) is 2. The van der Waals surface area contributed by atoms with Crippen molar-refractivity contribution in [3.63, 3.8) is 0 Å². The zero-order valence-electron chi connectivity index (χ0n) is 11.4. The van der Waals surface area contributed by atoms with Gasteiger partial charge in [0.25, 0.3) is 0 Å². The minimum atomic E-state index is 0.466. The summed E-state index contributed by atoms with van der Waals surface area (Å²) in [7, 11) is 2.20. The number of hydrogen-bond donors (Lipinski definition) is 1. The molecule has 3 nitrogen and oxygen atoms in total. The van der Waals surface area contributed by atoms with Crippen LogP contribution in [0.25, 0.3) is 0 Å². The van der Waals surface area contributed by atoms with Gasteiger partial charge in [-0.3, -0.25) is 4.99 Å². The first-order valence-corrected chi connectivity index (χ1v) is 7.18. The van der Waals surface area contributed by atoms with Gasteiger partial charge in [0.05, 0.1) is 11.9 Å². The topological polar surface area (TPSA) is 41.6 Å². The second-order valence-electron chi connectivity index (χ2n) is 5.98. The van der Waals surface area contributed by atoms with Gasteiger partial charge in [-0.25, -0.2) is 0 Å². The Bertz CT molecular complexity index is 269. The highest BCUT2D eigenvalue weighted by Crippen LogP contribution is 2.25. The summed E-state index contributed by atoms with van der Waals surface area (Å²) in [4.78, 5) is 7.24. The quantitative estimate of drug-likeness (QED) is 0.591. The third kappa shape index (κ3) is 3.44. The molecule has 2 atom stereocenters. The first-order valence-electron chi connectivity index (χ1n) is 7.18. The second kappa shape index (κ2) is 5.85. The molecule has 2 unspecified atom stereocenters. The molecule has 0 amide bonds. The van der Waals surface area contributed by atoms with Crippen molar-refractivity contribution in [2.45, 2.75) is 51.5 Å². The lowest BCUT2D eigenvalue weighted by molar-refractivity contribution is 0.198. The van der Waals surface area contributed by atoms with Crippen molar-refractivity contribution >= 4 is 5.84 Å². The molecule has 1 aliphatic carbocycles. The Morgan fingerprint density at radius 2 is 1.88 bits per heavy atom. The van der Waals surface area contributed by atoms with Gasteiger partial charge >= 0.3 is 0 Å². The molecule has 17 heavy (non-hydrogen) atoms. The maximum atomic E-state index is 6.21. The zero-order valence-corrected chi connectivity index (χ0v) is 11.4. The smallest absolute Gasteiger partial charge is 0.0971 e. The number of amidine groups is 1. The molecule has 1 saturated heterocycles. The summed E-state index contributed by atoms with van der Waals surface area (Å²) >= 11 is 0. The molecular weight excluding hydrogens is 210 g/mol. The summed E-state index contributed by atoms with van der Waals surface area (Å²) in [5.74, 6) is 2.18. The summed E-state index contributed by atoms with van der Waals surface area (Å²) in [6.45, 7) is 4.63. The highest BCUT2D eigenvalue weighted by atomic mass is 15.1. The maximum absolute atomic E-state index is 6.21. The largest absolute Gasteiger partial charge is 0.387 e. The molecule has 2 rings (SSSR count). The van der Waals surface area contributed by atoms with Gasteiger partial charge in [-0.2, -0.15) is 0 Å². The van der Waals surface area contributed by atoms with E-state index in [0.29, 0.717) is 17.9 Å². The summed E-state index contributed by atoms with van der Waals surface area (Å²) in [5, 5.41) is 0. The van der Waals surface area contributed by atoms with Gasteiger partial charge in [0.15, 0.2) is 0 Å². The van der Waals surface area contributed by atoms with Crippen molar-refractivity contribution < 1.29 is 0 Å². The van der Waals surface area contributed by atoms with E-state index in [9.17, 15) is 0 Å². The van der Waals surface area contributed by atoms with Crippen LogP contribution in [0, 0.1) is 11.8 Å². The van der Waals surface area contributed by atoms with Gasteiger partial charge in [0, 0.05) is 12.5 Å². The molecular formula is C14H27N3. The van der Waals surface area contributed by atoms with Gasteiger partial charge in [0.2, 0.25) is 0 Å². The molecule has 1 heterocycles. The summed E-state index contributed by atoms with van der Waals surface area (Å²) in [5.41, 5.74) is 6.21. The van der Waals surface area contributed by atoms with Crippen molar-refractivity contribution in [2.24, 2.45) is 22.6 Å². The molecule has 3 heteroatoms. The van der Waals surface area contributed by atoms with Gasteiger partial charge in [0.1, 0.15) is 0 Å². The summed E-state index contributed by atoms with van der Waals surface area (Å²) in [6, 6.07) is 0.466. The molecule has 0 aromatic carbocycles. The van der Waals surface area contributed by atoms with E-state index in [4.69, 9.17) is 10.7 Å². The predicted molar refractivity (Wildman–Crippen MR) is 73.3 cm³/mol. The number of piperidine rings is 1. The van der Waals surface area contributed by atoms with Crippen LogP contribution in [0.3, 0.4) is 0 Å². The van der Waals surface area contributed by atoms with Crippen molar-refractivity contribution in [3.05, 3.63) is 0 Å². The standard InChI is InChI=1S/C14H27N3/c1-11-10-17(2)9-8-13(11)16-14(15)12-6-4-3-5-7-12/h11-13H,3-10H2,1-2H3,(H2,15,16). The molecule has 0 aromatic heterocycles. The Morgan fingerprint density at radius 1 is 1.18 bits per heavy atom. The highest BCUT2D eigenvalue weighted by molar-refractivity contribution is 5.83. The molecule has 0 aromatic rings. The van der Waals surface area contributed by atoms with Crippen molar-refractivity contribution in [1.82, 2.24) is 4.90 Å². The van der Waals surface area contributed by atoms with Crippen molar-refractivity contribution in [2.75, 3.05) is 20.1 Å². The van der Waals surface area contributed by atoms with Crippen LogP contribution in [-0.4, -0.2) is 36.9 Å². The number of hydrogen-bond acceptors (Lipinski definition) is 2. The Kier molecular flexibility index (Phi) is 4.43. The van der Waals surface area contributed by atoms with Crippen LogP contribution in [0.1, 0.15) is 45.4 Å². The molecule has 2 N–H and O–H groups in total. The Labute approximate surface area is 105 Å². The van der Waals surface area contributed by atoms with Crippen LogP contribution in [0.5, 0.6) is 0 Å². The van der Waals surface area contributed by atoms with E-state index >= 15 is 0 Å². The molecule has 1 saturated carbocycles. The SMILES string of the molecule is CC1CN(C)CCC1N=C(N)C1CCCCC1. The fourth-order valence-corrected chi connectivity index (χ4v) is 3.23. The molecule has 0 spiro atoms. The molecule has 2 fully saturated rings. The van der Waals surface area contributed by atoms with E-state index in [1.165, 1.54) is 38.5 Å². The summed E-state index contributed by atoms with van der Waals surface area (Å²) < 4.78 is 0. The lowest BCUT2D eigenvalue weighted by atomic mass is 9.88. The monoisotopic (exact) mass is 237 g/mol. The molecule has 0 bridgehead atoms. The van der Waals surface area contributed by atoms with Crippen LogP contribution in [-0.2, 0) is 0 Å². The highest BCUT2D eigenvalue weighted by Gasteiger charge is 2.25. The van der Waals surface area contributed by atoms with Crippen LogP contribution >= 0.6 is 0 Å². The van der Waals surface area contributed by atoms with Crippen LogP contribution in [0.15, 0.2) is 4.99 Å². The van der Waals surface area contributed by atoms with E-state index in [-0.39, 0.29) is 0 Å². The van der Waals surface area contributed by atoms with Crippen LogP contribution in [0.4, 0.5) is 0 Å². The Hall–Kier alpha value is -0.570. The fourth-order valence-electron chi connectivity index (χ4n) is 3.23. The number of aliphatic imine (C=N–C) groups is 1. The van der Waals surface area contributed by atoms with E-state index in [2.05, 4.69) is 18.9 Å². The van der Waals surface area contributed by atoms with Gasteiger partial charge in [-0.15, -0.1) is 0 Å². The predicted octanol–water partition coefficient (Wildman–Crippen LogP) is 2.26. The Balaban J connectivity index is 1.92. The number of nitrogens with two attached hydrogens (primary N) is 1. The second-order valence-corrected chi connectivity index (χ2v) is 5.98. The zero-order chi connectivity index (χ0) is 12.3. The number of rotatable bonds is 2. The van der Waals surface area contributed by atoms with Gasteiger partial charge in [-0.05, 0) is 38.8 Å². The fraction of sp³-hybridized carbons (Fsp3) is 0.929. The lowest BCUT2D eigenvalue weighted by Crippen LogP contribution is -2.40. The van der Waals surface area contributed by atoms with Crippen molar-refractivity contribution in [3.8, 4) is 0 Å². The van der Waals surface area contributed by atoms with E-state index in [0.717, 1.165) is 18.9 Å².